The van der Waals surface area contributed by atoms with E-state index in [0.29, 0.717) is 31.4 Å². The summed E-state index contributed by atoms with van der Waals surface area (Å²) in [6.07, 6.45) is 3.64. The Bertz CT molecular complexity index is 1220. The van der Waals surface area contributed by atoms with E-state index in [2.05, 4.69) is 22.5 Å². The summed E-state index contributed by atoms with van der Waals surface area (Å²) in [5.74, 6) is 0.755. The number of nitro benzene ring substituents is 1. The number of likely N-dealkylation sites (tertiary alicyclic amines) is 1. The number of non-ortho nitro benzene ring substituents is 1. The second kappa shape index (κ2) is 7.46. The molecule has 1 fully saturated rings. The second-order valence-electron chi connectivity index (χ2n) is 9.01. The number of aromatic nitrogens is 1. The number of benzene rings is 2. The maximum atomic E-state index is 12.3. The molecule has 7 nitrogen and oxygen atoms in total. The number of para-hydroxylation sites is 1. The second-order valence-corrected chi connectivity index (χ2v) is 9.01. The van der Waals surface area contributed by atoms with Crippen LogP contribution < -0.4 is 4.74 Å². The van der Waals surface area contributed by atoms with Gasteiger partial charge in [0.1, 0.15) is 11.3 Å². The van der Waals surface area contributed by atoms with E-state index in [-0.39, 0.29) is 10.6 Å². The van der Waals surface area contributed by atoms with E-state index in [1.54, 1.807) is 13.2 Å². The predicted molar refractivity (Wildman–Crippen MR) is 123 cm³/mol. The summed E-state index contributed by atoms with van der Waals surface area (Å²) < 4.78 is 5.49. The third-order valence-corrected chi connectivity index (χ3v) is 7.39. The third kappa shape index (κ3) is 2.96. The summed E-state index contributed by atoms with van der Waals surface area (Å²) in [5.41, 5.74) is 2.03. The number of ether oxygens (including phenoxy) is 1. The minimum absolute atomic E-state index is 0.0653. The maximum Gasteiger partial charge on any atom is 0.293 e. The van der Waals surface area contributed by atoms with Gasteiger partial charge in [-0.1, -0.05) is 30.3 Å². The summed E-state index contributed by atoms with van der Waals surface area (Å²) in [4.78, 5) is 16.9. The quantitative estimate of drug-likeness (QED) is 0.363. The lowest BCUT2D eigenvalue weighted by molar-refractivity contribution is -0.383. The molecule has 0 amide bonds. The van der Waals surface area contributed by atoms with E-state index < -0.39 is 11.0 Å². The normalized spacial score (nSPS) is 25.2. The zero-order valence-corrected chi connectivity index (χ0v) is 18.1. The van der Waals surface area contributed by atoms with E-state index in [1.807, 2.05) is 30.3 Å². The highest BCUT2D eigenvalue weighted by Crippen LogP contribution is 2.52. The molecule has 166 valence electrons. The Labute approximate surface area is 186 Å². The number of nitrogens with zero attached hydrogens (tertiary/aromatic N) is 2. The average molecular weight is 434 g/mol. The fourth-order valence-corrected chi connectivity index (χ4v) is 5.85. The fraction of sp³-hybridized carbons (Fsp3) is 0.360. The Kier molecular flexibility index (Phi) is 4.83. The molecule has 0 saturated carbocycles. The van der Waals surface area contributed by atoms with Gasteiger partial charge in [-0.05, 0) is 36.2 Å². The number of aromatic amines is 1. The van der Waals surface area contributed by atoms with Crippen molar-refractivity contribution in [3.8, 4) is 5.75 Å². The van der Waals surface area contributed by atoms with Crippen molar-refractivity contribution >= 4 is 16.6 Å². The highest BCUT2D eigenvalue weighted by molar-refractivity contribution is 5.92. The lowest BCUT2D eigenvalue weighted by atomic mass is 9.56. The SMILES string of the molecule is C=CCN1CC[C@@]2(c3cccc(OC)c3)Cc3[nH]c4c([N+](=O)[O-])cccc4c3C[C@]2(O)C1. The van der Waals surface area contributed by atoms with Crippen LogP contribution in [0.15, 0.2) is 55.1 Å². The van der Waals surface area contributed by atoms with Crippen LogP contribution >= 0.6 is 0 Å². The number of fused-ring (bicyclic) bond motifs is 4. The summed E-state index contributed by atoms with van der Waals surface area (Å²) in [6, 6.07) is 13.1. The van der Waals surface area contributed by atoms with Crippen molar-refractivity contribution in [3.63, 3.8) is 0 Å². The fourth-order valence-electron chi connectivity index (χ4n) is 5.85. The van der Waals surface area contributed by atoms with E-state index in [9.17, 15) is 15.2 Å². The van der Waals surface area contributed by atoms with Crippen molar-refractivity contribution in [2.24, 2.45) is 0 Å². The van der Waals surface area contributed by atoms with Crippen LogP contribution in [0.4, 0.5) is 5.69 Å². The van der Waals surface area contributed by atoms with Gasteiger partial charge in [0.2, 0.25) is 0 Å². The number of hydrogen-bond donors (Lipinski definition) is 2. The first-order valence-electron chi connectivity index (χ1n) is 10.9. The molecule has 0 unspecified atom stereocenters. The zero-order valence-electron chi connectivity index (χ0n) is 18.1. The van der Waals surface area contributed by atoms with Gasteiger partial charge >= 0.3 is 0 Å². The highest BCUT2D eigenvalue weighted by atomic mass is 16.6. The van der Waals surface area contributed by atoms with E-state index in [4.69, 9.17) is 4.74 Å². The van der Waals surface area contributed by atoms with Gasteiger partial charge in [0, 0.05) is 48.5 Å². The number of hydrogen-bond acceptors (Lipinski definition) is 5. The molecule has 3 aromatic rings. The van der Waals surface area contributed by atoms with E-state index in [1.165, 1.54) is 6.07 Å². The minimum Gasteiger partial charge on any atom is -0.497 e. The number of aliphatic hydroxyl groups is 1. The molecule has 32 heavy (non-hydrogen) atoms. The van der Waals surface area contributed by atoms with Crippen LogP contribution in [-0.2, 0) is 18.3 Å². The topological polar surface area (TPSA) is 91.6 Å². The lowest BCUT2D eigenvalue weighted by Gasteiger charge is -2.56. The van der Waals surface area contributed by atoms with Crippen molar-refractivity contribution in [2.45, 2.75) is 30.3 Å². The van der Waals surface area contributed by atoms with Crippen molar-refractivity contribution in [2.75, 3.05) is 26.7 Å². The molecule has 2 heterocycles. The Morgan fingerprint density at radius 3 is 2.88 bits per heavy atom. The molecule has 1 aliphatic heterocycles. The van der Waals surface area contributed by atoms with Crippen LogP contribution in [0.5, 0.6) is 5.75 Å². The molecule has 5 rings (SSSR count). The number of nitro groups is 1. The molecule has 0 bridgehead atoms. The Morgan fingerprint density at radius 1 is 1.31 bits per heavy atom. The van der Waals surface area contributed by atoms with E-state index in [0.717, 1.165) is 40.9 Å². The van der Waals surface area contributed by atoms with E-state index >= 15 is 0 Å². The first kappa shape index (κ1) is 20.7. The Morgan fingerprint density at radius 2 is 2.12 bits per heavy atom. The molecular formula is C25H27N3O4. The summed E-state index contributed by atoms with van der Waals surface area (Å²) >= 11 is 0. The molecule has 0 radical (unpaired) electrons. The van der Waals surface area contributed by atoms with Gasteiger partial charge in [-0.2, -0.15) is 0 Å². The Balaban J connectivity index is 1.70. The Hall–Kier alpha value is -3.16. The smallest absolute Gasteiger partial charge is 0.293 e. The van der Waals surface area contributed by atoms with Crippen molar-refractivity contribution < 1.29 is 14.8 Å². The molecule has 1 saturated heterocycles. The van der Waals surface area contributed by atoms with Gasteiger partial charge in [0.25, 0.3) is 5.69 Å². The molecule has 2 N–H and O–H groups in total. The van der Waals surface area contributed by atoms with Gasteiger partial charge in [-0.15, -0.1) is 6.58 Å². The lowest BCUT2D eigenvalue weighted by Crippen LogP contribution is -2.66. The zero-order chi connectivity index (χ0) is 22.5. The number of piperidine rings is 1. The third-order valence-electron chi connectivity index (χ3n) is 7.39. The van der Waals surface area contributed by atoms with Crippen molar-refractivity contribution in [3.05, 3.63) is 82.1 Å². The molecule has 0 spiro atoms. The monoisotopic (exact) mass is 433 g/mol. The van der Waals surface area contributed by atoms with Crippen LogP contribution in [0, 0.1) is 10.1 Å². The molecule has 2 aromatic carbocycles. The van der Waals surface area contributed by atoms with Crippen molar-refractivity contribution in [1.29, 1.82) is 0 Å². The molecule has 1 aliphatic carbocycles. The van der Waals surface area contributed by atoms with Gasteiger partial charge in [-0.25, -0.2) is 0 Å². The highest BCUT2D eigenvalue weighted by Gasteiger charge is 2.57. The van der Waals surface area contributed by atoms with Crippen molar-refractivity contribution in [1.82, 2.24) is 9.88 Å². The number of β-amino-alcohol motifs (C(OH)–C–C–N with tert-alkyl or cyclic N) is 1. The summed E-state index contributed by atoms with van der Waals surface area (Å²) in [7, 11) is 1.64. The molecule has 7 heteroatoms. The largest absolute Gasteiger partial charge is 0.497 e. The van der Waals surface area contributed by atoms with Gasteiger partial charge in [0.15, 0.2) is 0 Å². The minimum atomic E-state index is -1.03. The van der Waals surface area contributed by atoms with Crippen LogP contribution in [0.25, 0.3) is 10.9 Å². The molecular weight excluding hydrogens is 406 g/mol. The van der Waals surface area contributed by atoms with Gasteiger partial charge < -0.3 is 14.8 Å². The van der Waals surface area contributed by atoms with Crippen LogP contribution in [0.1, 0.15) is 23.2 Å². The number of nitrogens with one attached hydrogen (secondary N) is 1. The average Bonchev–Trinajstić information content (AvgIpc) is 3.13. The number of methoxy groups -OCH3 is 1. The molecule has 1 aromatic heterocycles. The number of H-pyrrole nitrogens is 1. The number of rotatable bonds is 5. The molecule has 2 aliphatic rings. The van der Waals surface area contributed by atoms with Gasteiger partial charge in [-0.3, -0.25) is 15.0 Å². The van der Waals surface area contributed by atoms with Crippen LogP contribution in [0.3, 0.4) is 0 Å². The summed E-state index contributed by atoms with van der Waals surface area (Å²) in [6.45, 7) is 5.92. The summed E-state index contributed by atoms with van der Waals surface area (Å²) in [5, 5.41) is 24.7. The van der Waals surface area contributed by atoms with Crippen LogP contribution in [0.2, 0.25) is 0 Å². The van der Waals surface area contributed by atoms with Crippen LogP contribution in [-0.4, -0.2) is 52.3 Å². The maximum absolute atomic E-state index is 12.3. The first-order valence-corrected chi connectivity index (χ1v) is 10.9. The first-order chi connectivity index (χ1) is 15.4. The van der Waals surface area contributed by atoms with Gasteiger partial charge in [0.05, 0.1) is 17.6 Å². The predicted octanol–water partition coefficient (Wildman–Crippen LogP) is 3.74. The standard InChI is InChI=1S/C25H27N3O4/c1-3-11-27-12-10-24(17-6-4-7-18(13-17)32-2)15-21-20(14-25(24,29)16-27)19-8-5-9-22(28(30)31)23(19)26-21/h3-9,13,26,29H,1,10-12,14-16H2,2H3/t24-,25-/m0/s1. The molecule has 2 atom stereocenters.